The van der Waals surface area contributed by atoms with Gasteiger partial charge in [0.2, 0.25) is 0 Å². The molecule has 1 aromatic rings. The second-order valence-electron chi connectivity index (χ2n) is 4.54. The Balaban J connectivity index is 2.29. The third-order valence-electron chi connectivity index (χ3n) is 3.39. The predicted octanol–water partition coefficient (Wildman–Crippen LogP) is 1.60. The fourth-order valence-corrected chi connectivity index (χ4v) is 2.39. The van der Waals surface area contributed by atoms with E-state index in [2.05, 4.69) is 5.32 Å². The third-order valence-corrected chi connectivity index (χ3v) is 3.39. The van der Waals surface area contributed by atoms with E-state index < -0.39 is 17.5 Å². The summed E-state index contributed by atoms with van der Waals surface area (Å²) in [6.45, 7) is 0.367. The number of anilines is 1. The van der Waals surface area contributed by atoms with Gasteiger partial charge in [-0.15, -0.1) is 0 Å². The van der Waals surface area contributed by atoms with Gasteiger partial charge in [0, 0.05) is 19.2 Å². The second kappa shape index (κ2) is 5.52. The summed E-state index contributed by atoms with van der Waals surface area (Å²) in [5.41, 5.74) is -0.286. The van der Waals surface area contributed by atoms with Crippen LogP contribution in [0.4, 0.5) is 14.5 Å². The summed E-state index contributed by atoms with van der Waals surface area (Å²) >= 11 is 0. The van der Waals surface area contributed by atoms with Crippen molar-refractivity contribution in [3.8, 4) is 0 Å². The highest BCUT2D eigenvalue weighted by Gasteiger charge is 2.29. The molecule has 1 heterocycles. The minimum atomic E-state index is -0.800. The smallest absolute Gasteiger partial charge is 0.254 e. The standard InChI is InChI=1S/C13H16F2N2O2/c1-16-12-10(14)5-8(6-11(12)15)13(19)17-4-2-3-9(17)7-18/h5-6,9,16,18H,2-4,7H2,1H3. The number of carbonyl (C=O) groups excluding carboxylic acids is 1. The second-order valence-corrected chi connectivity index (χ2v) is 4.54. The van der Waals surface area contributed by atoms with E-state index in [0.29, 0.717) is 13.0 Å². The van der Waals surface area contributed by atoms with Crippen LogP contribution in [0.25, 0.3) is 0 Å². The molecule has 0 aliphatic carbocycles. The fourth-order valence-electron chi connectivity index (χ4n) is 2.39. The van der Waals surface area contributed by atoms with Crippen LogP contribution in [-0.4, -0.2) is 42.2 Å². The van der Waals surface area contributed by atoms with E-state index in [1.807, 2.05) is 0 Å². The molecule has 1 aliphatic heterocycles. The van der Waals surface area contributed by atoms with E-state index in [1.54, 1.807) is 0 Å². The van der Waals surface area contributed by atoms with Crippen LogP contribution >= 0.6 is 0 Å². The summed E-state index contributed by atoms with van der Waals surface area (Å²) in [6.07, 6.45) is 1.50. The average Bonchev–Trinajstić information content (AvgIpc) is 2.85. The average molecular weight is 270 g/mol. The Hall–Kier alpha value is -1.69. The van der Waals surface area contributed by atoms with Crippen molar-refractivity contribution in [2.24, 2.45) is 0 Å². The van der Waals surface area contributed by atoms with Gasteiger partial charge < -0.3 is 15.3 Å². The molecule has 0 saturated carbocycles. The van der Waals surface area contributed by atoms with Crippen LogP contribution in [0.1, 0.15) is 23.2 Å². The van der Waals surface area contributed by atoms with Crippen molar-refractivity contribution >= 4 is 11.6 Å². The molecule has 0 radical (unpaired) electrons. The maximum absolute atomic E-state index is 13.6. The number of halogens is 2. The van der Waals surface area contributed by atoms with Crippen LogP contribution in [0.3, 0.4) is 0 Å². The van der Waals surface area contributed by atoms with E-state index in [1.165, 1.54) is 11.9 Å². The number of likely N-dealkylation sites (tertiary alicyclic amines) is 1. The van der Waals surface area contributed by atoms with Crippen LogP contribution < -0.4 is 5.32 Å². The number of nitrogens with zero attached hydrogens (tertiary/aromatic N) is 1. The van der Waals surface area contributed by atoms with Crippen LogP contribution in [0.2, 0.25) is 0 Å². The van der Waals surface area contributed by atoms with Gasteiger partial charge in [-0.2, -0.15) is 0 Å². The fraction of sp³-hybridized carbons (Fsp3) is 0.462. The van der Waals surface area contributed by atoms with Gasteiger partial charge in [-0.3, -0.25) is 4.79 Å². The number of hydrogen-bond acceptors (Lipinski definition) is 3. The molecule has 0 bridgehead atoms. The summed E-state index contributed by atoms with van der Waals surface area (Å²) in [5, 5.41) is 11.6. The molecule has 2 rings (SSSR count). The van der Waals surface area contributed by atoms with E-state index >= 15 is 0 Å². The number of amides is 1. The minimum absolute atomic E-state index is 0.0330. The molecule has 0 aromatic heterocycles. The lowest BCUT2D eigenvalue weighted by atomic mass is 10.1. The van der Waals surface area contributed by atoms with Crippen molar-refractivity contribution in [1.82, 2.24) is 4.90 Å². The molecule has 2 N–H and O–H groups in total. The van der Waals surface area contributed by atoms with Gasteiger partial charge in [-0.25, -0.2) is 8.78 Å². The molecular weight excluding hydrogens is 254 g/mol. The van der Waals surface area contributed by atoms with Gasteiger partial charge in [0.1, 0.15) is 17.3 Å². The van der Waals surface area contributed by atoms with Crippen molar-refractivity contribution < 1.29 is 18.7 Å². The van der Waals surface area contributed by atoms with Crippen LogP contribution in [-0.2, 0) is 0 Å². The number of aliphatic hydroxyl groups excluding tert-OH is 1. The zero-order chi connectivity index (χ0) is 14.0. The highest BCUT2D eigenvalue weighted by atomic mass is 19.1. The number of benzene rings is 1. The lowest BCUT2D eigenvalue weighted by Gasteiger charge is -2.23. The lowest BCUT2D eigenvalue weighted by molar-refractivity contribution is 0.0676. The molecule has 104 valence electrons. The monoisotopic (exact) mass is 270 g/mol. The van der Waals surface area contributed by atoms with Gasteiger partial charge in [0.05, 0.1) is 12.6 Å². The largest absolute Gasteiger partial charge is 0.394 e. The molecule has 1 amide bonds. The molecule has 19 heavy (non-hydrogen) atoms. The maximum atomic E-state index is 13.6. The summed E-state index contributed by atoms with van der Waals surface area (Å²) in [5.74, 6) is -2.05. The molecule has 1 fully saturated rings. The normalized spacial score (nSPS) is 18.7. The topological polar surface area (TPSA) is 52.6 Å². The molecule has 1 atom stereocenters. The molecule has 4 nitrogen and oxygen atoms in total. The maximum Gasteiger partial charge on any atom is 0.254 e. The highest BCUT2D eigenvalue weighted by molar-refractivity contribution is 5.95. The van der Waals surface area contributed by atoms with Crippen LogP contribution in [0, 0.1) is 11.6 Å². The highest BCUT2D eigenvalue weighted by Crippen LogP contribution is 2.24. The van der Waals surface area contributed by atoms with Crippen LogP contribution in [0.15, 0.2) is 12.1 Å². The predicted molar refractivity (Wildman–Crippen MR) is 67.0 cm³/mol. The minimum Gasteiger partial charge on any atom is -0.394 e. The van der Waals surface area contributed by atoms with E-state index in [0.717, 1.165) is 18.6 Å². The Kier molecular flexibility index (Phi) is 3.99. The molecular formula is C13H16F2N2O2. The van der Waals surface area contributed by atoms with Crippen molar-refractivity contribution in [3.63, 3.8) is 0 Å². The summed E-state index contributed by atoms with van der Waals surface area (Å²) in [4.78, 5) is 13.6. The molecule has 6 heteroatoms. The summed E-state index contributed by atoms with van der Waals surface area (Å²) < 4.78 is 27.2. The number of hydrogen-bond donors (Lipinski definition) is 2. The molecule has 1 saturated heterocycles. The Morgan fingerprint density at radius 1 is 1.47 bits per heavy atom. The van der Waals surface area contributed by atoms with E-state index in [9.17, 15) is 18.7 Å². The first kappa shape index (κ1) is 13.7. The van der Waals surface area contributed by atoms with Gasteiger partial charge in [0.15, 0.2) is 0 Å². The zero-order valence-corrected chi connectivity index (χ0v) is 10.6. The number of carbonyl (C=O) groups is 1. The third kappa shape index (κ3) is 2.53. The van der Waals surface area contributed by atoms with Gasteiger partial charge >= 0.3 is 0 Å². The Labute approximate surface area is 110 Å². The van der Waals surface area contributed by atoms with E-state index in [4.69, 9.17) is 0 Å². The van der Waals surface area contributed by atoms with Crippen molar-refractivity contribution in [2.75, 3.05) is 25.5 Å². The molecule has 0 spiro atoms. The van der Waals surface area contributed by atoms with Gasteiger partial charge in [-0.1, -0.05) is 0 Å². The van der Waals surface area contributed by atoms with Gasteiger partial charge in [0.25, 0.3) is 5.91 Å². The van der Waals surface area contributed by atoms with Crippen molar-refractivity contribution in [2.45, 2.75) is 18.9 Å². The molecule has 1 unspecified atom stereocenters. The lowest BCUT2D eigenvalue weighted by Crippen LogP contribution is -2.37. The number of nitrogens with one attached hydrogen (secondary N) is 1. The van der Waals surface area contributed by atoms with E-state index in [-0.39, 0.29) is 23.9 Å². The SMILES string of the molecule is CNc1c(F)cc(C(=O)N2CCCC2CO)cc1F. The summed E-state index contributed by atoms with van der Waals surface area (Å²) in [6, 6.07) is 1.77. The Bertz CT molecular complexity index is 471. The van der Waals surface area contributed by atoms with Crippen molar-refractivity contribution in [3.05, 3.63) is 29.3 Å². The first-order chi connectivity index (χ1) is 9.08. The Morgan fingerprint density at radius 3 is 2.63 bits per heavy atom. The Morgan fingerprint density at radius 2 is 2.11 bits per heavy atom. The zero-order valence-electron chi connectivity index (χ0n) is 10.6. The van der Waals surface area contributed by atoms with Crippen LogP contribution in [0.5, 0.6) is 0 Å². The number of rotatable bonds is 3. The van der Waals surface area contributed by atoms with Crippen molar-refractivity contribution in [1.29, 1.82) is 0 Å². The van der Waals surface area contributed by atoms with Gasteiger partial charge in [-0.05, 0) is 25.0 Å². The quantitative estimate of drug-likeness (QED) is 0.877. The first-order valence-corrected chi connectivity index (χ1v) is 6.17. The summed E-state index contributed by atoms with van der Waals surface area (Å²) in [7, 11) is 1.41. The molecule has 1 aromatic carbocycles. The number of aliphatic hydroxyl groups is 1. The first-order valence-electron chi connectivity index (χ1n) is 6.17. The molecule has 1 aliphatic rings.